The molecule has 7 nitrogen and oxygen atoms in total. The Morgan fingerprint density at radius 1 is 1.00 bits per heavy atom. The van der Waals surface area contributed by atoms with E-state index in [0.29, 0.717) is 19.6 Å². The van der Waals surface area contributed by atoms with Gasteiger partial charge in [0.05, 0.1) is 29.2 Å². The van der Waals surface area contributed by atoms with Crippen LogP contribution in [0.5, 0.6) is 0 Å². The molecule has 4 aliphatic heterocycles. The van der Waals surface area contributed by atoms with Crippen molar-refractivity contribution in [3.05, 3.63) is 24.3 Å². The summed E-state index contributed by atoms with van der Waals surface area (Å²) in [6, 6.07) is -1.19. The van der Waals surface area contributed by atoms with Gasteiger partial charge in [0.2, 0.25) is 17.7 Å². The van der Waals surface area contributed by atoms with E-state index < -0.39 is 33.4 Å². The van der Waals surface area contributed by atoms with Crippen molar-refractivity contribution in [3.63, 3.8) is 0 Å². The topological polar surface area (TPSA) is 81.2 Å². The number of amides is 3. The number of carbonyl (C=O) groups excluding carboxylic acids is 3. The highest BCUT2D eigenvalue weighted by atomic mass is 32.2. The van der Waals surface area contributed by atoms with Crippen molar-refractivity contribution >= 4 is 29.5 Å². The molecule has 36 heavy (non-hydrogen) atoms. The summed E-state index contributed by atoms with van der Waals surface area (Å²) in [6.45, 7) is 13.7. The molecule has 1 spiro atoms. The molecule has 4 aliphatic rings. The van der Waals surface area contributed by atoms with Gasteiger partial charge in [0, 0.05) is 30.4 Å². The molecule has 0 bridgehead atoms. The largest absolute Gasteiger partial charge is 0.394 e. The Morgan fingerprint density at radius 3 is 2.31 bits per heavy atom. The van der Waals surface area contributed by atoms with E-state index in [9.17, 15) is 19.5 Å². The summed E-state index contributed by atoms with van der Waals surface area (Å²) in [5, 5.41) is 10.4. The highest BCUT2D eigenvalue weighted by Gasteiger charge is 2.74. The summed E-state index contributed by atoms with van der Waals surface area (Å²) < 4.78 is -1.45. The predicted octanol–water partition coefficient (Wildman–Crippen LogP) is 3.09. The van der Waals surface area contributed by atoms with Gasteiger partial charge in [-0.1, -0.05) is 58.4 Å². The standard InChI is InChI=1S/C28H43N3O4S/c1-7-11-19(5)30-16-10-13-28-22(25(34)31(23(28)26(30)35)20(17-32)18(3)4)21-24(33)29(14-8-2)15-9-12-27(21,6)36-28/h9-10,12-13,18-23,32H,7-8,11,14-17H2,1-6H3/t19?,20-,21-,22-,23?,27+,28-/m0/s1. The number of fused-ring (bicyclic) bond motifs is 2. The average molecular weight is 518 g/mol. The number of nitrogens with zero attached hydrogens (tertiary/aromatic N) is 3. The van der Waals surface area contributed by atoms with Crippen LogP contribution >= 0.6 is 11.8 Å². The van der Waals surface area contributed by atoms with Crippen LogP contribution < -0.4 is 0 Å². The van der Waals surface area contributed by atoms with E-state index in [2.05, 4.69) is 45.9 Å². The number of hydrogen-bond donors (Lipinski definition) is 1. The van der Waals surface area contributed by atoms with Gasteiger partial charge in [0.1, 0.15) is 6.04 Å². The van der Waals surface area contributed by atoms with Crippen LogP contribution in [-0.2, 0) is 14.4 Å². The lowest BCUT2D eigenvalue weighted by Gasteiger charge is -2.41. The van der Waals surface area contributed by atoms with Crippen molar-refractivity contribution in [2.45, 2.75) is 88.4 Å². The van der Waals surface area contributed by atoms with E-state index in [1.165, 1.54) is 0 Å². The molecule has 8 heteroatoms. The third-order valence-electron chi connectivity index (χ3n) is 8.66. The van der Waals surface area contributed by atoms with Crippen LogP contribution in [0.25, 0.3) is 0 Å². The molecule has 7 atom stereocenters. The Morgan fingerprint density at radius 2 is 1.69 bits per heavy atom. The van der Waals surface area contributed by atoms with Crippen molar-refractivity contribution in [2.24, 2.45) is 17.8 Å². The molecular weight excluding hydrogens is 474 g/mol. The molecule has 0 aromatic carbocycles. The molecule has 200 valence electrons. The van der Waals surface area contributed by atoms with Crippen molar-refractivity contribution in [1.29, 1.82) is 0 Å². The van der Waals surface area contributed by atoms with Crippen LogP contribution in [0.15, 0.2) is 24.3 Å². The Bertz CT molecular complexity index is 951. The molecule has 2 saturated heterocycles. The summed E-state index contributed by atoms with van der Waals surface area (Å²) in [7, 11) is 0. The molecule has 2 fully saturated rings. The van der Waals surface area contributed by atoms with Gasteiger partial charge in [0.15, 0.2) is 0 Å². The van der Waals surface area contributed by atoms with E-state index in [-0.39, 0.29) is 36.3 Å². The van der Waals surface area contributed by atoms with Gasteiger partial charge in [-0.25, -0.2) is 0 Å². The van der Waals surface area contributed by atoms with E-state index in [1.807, 2.05) is 29.7 Å². The van der Waals surface area contributed by atoms with Gasteiger partial charge in [-0.3, -0.25) is 14.4 Å². The monoisotopic (exact) mass is 517 g/mol. The number of thioether (sulfide) groups is 1. The highest BCUT2D eigenvalue weighted by Crippen LogP contribution is 2.66. The minimum Gasteiger partial charge on any atom is -0.394 e. The van der Waals surface area contributed by atoms with E-state index in [1.54, 1.807) is 16.7 Å². The lowest BCUT2D eigenvalue weighted by molar-refractivity contribution is -0.148. The van der Waals surface area contributed by atoms with Crippen LogP contribution in [0.4, 0.5) is 0 Å². The van der Waals surface area contributed by atoms with Crippen molar-refractivity contribution in [3.8, 4) is 0 Å². The fourth-order valence-electron chi connectivity index (χ4n) is 6.95. The van der Waals surface area contributed by atoms with E-state index in [0.717, 1.165) is 19.3 Å². The Hall–Kier alpha value is -1.80. The maximum atomic E-state index is 14.4. The van der Waals surface area contributed by atoms with Gasteiger partial charge in [-0.05, 0) is 32.6 Å². The number of hydrogen-bond acceptors (Lipinski definition) is 5. The summed E-state index contributed by atoms with van der Waals surface area (Å²) >= 11 is 1.61. The molecule has 0 aliphatic carbocycles. The van der Waals surface area contributed by atoms with Crippen LogP contribution in [-0.4, -0.2) is 91.4 Å². The maximum absolute atomic E-state index is 14.4. The molecule has 4 rings (SSSR count). The zero-order chi connectivity index (χ0) is 26.4. The van der Waals surface area contributed by atoms with Gasteiger partial charge in [-0.2, -0.15) is 0 Å². The molecule has 1 N–H and O–H groups in total. The normalized spacial score (nSPS) is 35.6. The second kappa shape index (κ2) is 10.2. The molecular formula is C28H43N3O4S. The maximum Gasteiger partial charge on any atom is 0.247 e. The third kappa shape index (κ3) is 4.03. The Labute approximate surface area is 220 Å². The summed E-state index contributed by atoms with van der Waals surface area (Å²) in [6.07, 6.45) is 10.9. The van der Waals surface area contributed by atoms with Gasteiger partial charge < -0.3 is 19.8 Å². The number of aliphatic hydroxyl groups is 1. The number of carbonyl (C=O) groups is 3. The average Bonchev–Trinajstić information content (AvgIpc) is 3.08. The fourth-order valence-corrected chi connectivity index (χ4v) is 9.09. The van der Waals surface area contributed by atoms with Crippen LogP contribution in [0, 0.1) is 17.8 Å². The van der Waals surface area contributed by atoms with E-state index in [4.69, 9.17) is 0 Å². The number of rotatable bonds is 8. The first-order valence-electron chi connectivity index (χ1n) is 13.7. The Balaban J connectivity index is 1.89. The minimum absolute atomic E-state index is 0.000858. The quantitative estimate of drug-likeness (QED) is 0.501. The van der Waals surface area contributed by atoms with Crippen LogP contribution in [0.3, 0.4) is 0 Å². The summed E-state index contributed by atoms with van der Waals surface area (Å²) in [5.74, 6) is -1.48. The third-order valence-corrected chi connectivity index (χ3v) is 10.5. The van der Waals surface area contributed by atoms with Crippen LogP contribution in [0.2, 0.25) is 0 Å². The molecule has 4 heterocycles. The smallest absolute Gasteiger partial charge is 0.247 e. The molecule has 0 radical (unpaired) electrons. The minimum atomic E-state index is -0.855. The van der Waals surface area contributed by atoms with Crippen molar-refractivity contribution < 1.29 is 19.5 Å². The first-order valence-corrected chi connectivity index (χ1v) is 14.5. The lowest BCUT2D eigenvalue weighted by Crippen LogP contribution is -2.59. The van der Waals surface area contributed by atoms with Crippen molar-refractivity contribution in [1.82, 2.24) is 14.7 Å². The SMILES string of the molecule is CCCC(C)N1CC=C[C@]23S[C@]4(C)C=CCN(CCC)C(=O)[C@@H]4[C@H]2C(=O)N([C@@H](CO)C(C)C)C3C1=O. The predicted molar refractivity (Wildman–Crippen MR) is 143 cm³/mol. The first kappa shape index (κ1) is 27.2. The van der Waals surface area contributed by atoms with Gasteiger partial charge in [-0.15, -0.1) is 11.8 Å². The Kier molecular flexibility index (Phi) is 7.69. The molecule has 0 aromatic rings. The second-order valence-electron chi connectivity index (χ2n) is 11.5. The van der Waals surface area contributed by atoms with Crippen molar-refractivity contribution in [2.75, 3.05) is 26.2 Å². The molecule has 3 amide bonds. The zero-order valence-corrected chi connectivity index (χ0v) is 23.5. The highest BCUT2D eigenvalue weighted by molar-refractivity contribution is 8.02. The summed E-state index contributed by atoms with van der Waals surface area (Å²) in [5.41, 5.74) is 0. The second-order valence-corrected chi connectivity index (χ2v) is 13.2. The lowest BCUT2D eigenvalue weighted by atomic mass is 9.74. The van der Waals surface area contributed by atoms with E-state index >= 15 is 0 Å². The summed E-state index contributed by atoms with van der Waals surface area (Å²) in [4.78, 5) is 48.3. The van der Waals surface area contributed by atoms with Gasteiger partial charge >= 0.3 is 0 Å². The van der Waals surface area contributed by atoms with Gasteiger partial charge in [0.25, 0.3) is 0 Å². The number of aliphatic hydroxyl groups excluding tert-OH is 1. The molecule has 0 aromatic heterocycles. The van der Waals surface area contributed by atoms with Crippen LogP contribution in [0.1, 0.15) is 60.8 Å². The molecule has 0 saturated carbocycles. The fraction of sp³-hybridized carbons (Fsp3) is 0.750. The first-order chi connectivity index (χ1) is 17.1. The number of likely N-dealkylation sites (tertiary alicyclic amines) is 1. The zero-order valence-electron chi connectivity index (χ0n) is 22.6. The molecule has 2 unspecified atom stereocenters.